The minimum atomic E-state index is -0.831. The summed E-state index contributed by atoms with van der Waals surface area (Å²) in [6.45, 7) is 1.81. The monoisotopic (exact) mass is 348 g/mol. The van der Waals surface area contributed by atoms with E-state index in [2.05, 4.69) is 10.3 Å². The summed E-state index contributed by atoms with van der Waals surface area (Å²) in [7, 11) is 0. The van der Waals surface area contributed by atoms with Gasteiger partial charge in [0, 0.05) is 22.1 Å². The SMILES string of the molecule is Cc1sc(NC(=O)c2cc(F)cc(F)c2)nc1-c1ccc(F)cc1. The van der Waals surface area contributed by atoms with Gasteiger partial charge in [-0.2, -0.15) is 0 Å². The molecular weight excluding hydrogens is 337 g/mol. The molecule has 0 saturated carbocycles. The van der Waals surface area contributed by atoms with Crippen molar-refractivity contribution in [1.82, 2.24) is 4.98 Å². The second kappa shape index (κ2) is 6.45. The molecule has 0 unspecified atom stereocenters. The number of benzene rings is 2. The van der Waals surface area contributed by atoms with Crippen molar-refractivity contribution < 1.29 is 18.0 Å². The Kier molecular flexibility index (Phi) is 4.35. The Morgan fingerprint density at radius 3 is 2.25 bits per heavy atom. The Balaban J connectivity index is 1.84. The van der Waals surface area contributed by atoms with Crippen molar-refractivity contribution in [3.8, 4) is 11.3 Å². The Morgan fingerprint density at radius 2 is 1.62 bits per heavy atom. The van der Waals surface area contributed by atoms with Crippen molar-refractivity contribution in [2.75, 3.05) is 5.32 Å². The number of nitrogens with zero attached hydrogens (tertiary/aromatic N) is 1. The van der Waals surface area contributed by atoms with Crippen molar-refractivity contribution in [2.45, 2.75) is 6.92 Å². The maximum Gasteiger partial charge on any atom is 0.257 e. The predicted molar refractivity (Wildman–Crippen MR) is 86.6 cm³/mol. The summed E-state index contributed by atoms with van der Waals surface area (Å²) < 4.78 is 39.4. The van der Waals surface area contributed by atoms with Crippen LogP contribution < -0.4 is 5.32 Å². The van der Waals surface area contributed by atoms with E-state index < -0.39 is 17.5 Å². The van der Waals surface area contributed by atoms with Gasteiger partial charge in [-0.15, -0.1) is 11.3 Å². The van der Waals surface area contributed by atoms with E-state index in [0.29, 0.717) is 22.5 Å². The summed E-state index contributed by atoms with van der Waals surface area (Å²) in [6, 6.07) is 8.40. The molecule has 0 spiro atoms. The number of rotatable bonds is 3. The predicted octanol–water partition coefficient (Wildman–Crippen LogP) is 4.79. The van der Waals surface area contributed by atoms with Gasteiger partial charge in [-0.25, -0.2) is 18.2 Å². The number of halogens is 3. The minimum Gasteiger partial charge on any atom is -0.298 e. The average molecular weight is 348 g/mol. The zero-order valence-corrected chi connectivity index (χ0v) is 13.3. The number of thiazole rings is 1. The van der Waals surface area contributed by atoms with Crippen LogP contribution >= 0.6 is 11.3 Å². The van der Waals surface area contributed by atoms with Gasteiger partial charge >= 0.3 is 0 Å². The fourth-order valence-corrected chi connectivity index (χ4v) is 3.01. The van der Waals surface area contributed by atoms with Gasteiger partial charge in [0.05, 0.1) is 5.69 Å². The van der Waals surface area contributed by atoms with Crippen LogP contribution in [0, 0.1) is 24.4 Å². The lowest BCUT2D eigenvalue weighted by molar-refractivity contribution is 0.102. The van der Waals surface area contributed by atoms with E-state index >= 15 is 0 Å². The summed E-state index contributed by atoms with van der Waals surface area (Å²) in [4.78, 5) is 17.2. The van der Waals surface area contributed by atoms with Crippen LogP contribution in [0.3, 0.4) is 0 Å². The molecule has 24 heavy (non-hydrogen) atoms. The van der Waals surface area contributed by atoms with Crippen LogP contribution in [0.4, 0.5) is 18.3 Å². The highest BCUT2D eigenvalue weighted by Gasteiger charge is 2.14. The van der Waals surface area contributed by atoms with Crippen molar-refractivity contribution in [1.29, 1.82) is 0 Å². The molecule has 1 amide bonds. The van der Waals surface area contributed by atoms with Gasteiger partial charge in [-0.3, -0.25) is 10.1 Å². The lowest BCUT2D eigenvalue weighted by Crippen LogP contribution is -2.12. The topological polar surface area (TPSA) is 42.0 Å². The standard InChI is InChI=1S/C17H11F3N2OS/c1-9-15(10-2-4-12(18)5-3-10)21-17(24-9)22-16(23)11-6-13(19)8-14(20)7-11/h2-8H,1H3,(H,21,22,23). The molecule has 0 aliphatic carbocycles. The number of nitrogens with one attached hydrogen (secondary N) is 1. The third-order valence-electron chi connectivity index (χ3n) is 3.26. The van der Waals surface area contributed by atoms with E-state index in [1.54, 1.807) is 12.1 Å². The summed E-state index contributed by atoms with van der Waals surface area (Å²) in [5, 5.41) is 2.81. The van der Waals surface area contributed by atoms with Crippen molar-refractivity contribution in [3.05, 3.63) is 70.4 Å². The molecule has 3 aromatic rings. The van der Waals surface area contributed by atoms with E-state index in [1.807, 2.05) is 6.92 Å². The van der Waals surface area contributed by atoms with Crippen LogP contribution in [0.5, 0.6) is 0 Å². The Labute approximate surface area is 139 Å². The van der Waals surface area contributed by atoms with Gasteiger partial charge in [0.15, 0.2) is 5.13 Å². The number of hydrogen-bond acceptors (Lipinski definition) is 3. The molecule has 3 nitrogen and oxygen atoms in total. The highest BCUT2D eigenvalue weighted by Crippen LogP contribution is 2.30. The molecule has 122 valence electrons. The largest absolute Gasteiger partial charge is 0.298 e. The van der Waals surface area contributed by atoms with E-state index in [1.165, 1.54) is 23.5 Å². The average Bonchev–Trinajstić information content (AvgIpc) is 2.87. The number of amides is 1. The molecule has 1 aromatic heterocycles. The number of aromatic nitrogens is 1. The molecule has 0 aliphatic rings. The van der Waals surface area contributed by atoms with E-state index in [-0.39, 0.29) is 11.4 Å². The zero-order chi connectivity index (χ0) is 17.3. The van der Waals surface area contributed by atoms with Crippen LogP contribution in [-0.4, -0.2) is 10.9 Å². The fourth-order valence-electron chi connectivity index (χ4n) is 2.18. The Bertz CT molecular complexity index is 886. The molecule has 1 N–H and O–H groups in total. The van der Waals surface area contributed by atoms with Gasteiger partial charge in [0.1, 0.15) is 17.5 Å². The van der Waals surface area contributed by atoms with Crippen molar-refractivity contribution >= 4 is 22.4 Å². The first-order chi connectivity index (χ1) is 11.4. The first kappa shape index (κ1) is 16.2. The molecule has 0 aliphatic heterocycles. The van der Waals surface area contributed by atoms with Gasteiger partial charge in [0.25, 0.3) is 5.91 Å². The number of carbonyl (C=O) groups is 1. The number of carbonyl (C=O) groups excluding carboxylic acids is 1. The first-order valence-corrected chi connectivity index (χ1v) is 7.75. The molecular formula is C17H11F3N2OS. The van der Waals surface area contributed by atoms with Crippen LogP contribution in [0.2, 0.25) is 0 Å². The molecule has 0 saturated heterocycles. The molecule has 0 atom stereocenters. The van der Waals surface area contributed by atoms with Gasteiger partial charge in [-0.05, 0) is 43.3 Å². The maximum absolute atomic E-state index is 13.2. The van der Waals surface area contributed by atoms with Crippen molar-refractivity contribution in [2.24, 2.45) is 0 Å². The highest BCUT2D eigenvalue weighted by atomic mass is 32.1. The van der Waals surface area contributed by atoms with Crippen LogP contribution in [0.25, 0.3) is 11.3 Å². The fraction of sp³-hybridized carbons (Fsp3) is 0.0588. The Hall–Kier alpha value is -2.67. The van der Waals surface area contributed by atoms with E-state index in [4.69, 9.17) is 0 Å². The Morgan fingerprint density at radius 1 is 1.00 bits per heavy atom. The van der Waals surface area contributed by atoms with Crippen LogP contribution in [-0.2, 0) is 0 Å². The second-order valence-corrected chi connectivity index (χ2v) is 6.25. The summed E-state index contributed by atoms with van der Waals surface area (Å²) in [5.41, 5.74) is 1.19. The number of aryl methyl sites for hydroxylation is 1. The minimum absolute atomic E-state index is 0.135. The van der Waals surface area contributed by atoms with Crippen LogP contribution in [0.1, 0.15) is 15.2 Å². The third kappa shape index (κ3) is 3.46. The molecule has 0 fully saturated rings. The summed E-state index contributed by atoms with van der Waals surface area (Å²) >= 11 is 1.22. The maximum atomic E-state index is 13.2. The quantitative estimate of drug-likeness (QED) is 0.739. The molecule has 2 aromatic carbocycles. The second-order valence-electron chi connectivity index (χ2n) is 5.04. The van der Waals surface area contributed by atoms with Gasteiger partial charge in [-0.1, -0.05) is 0 Å². The lowest BCUT2D eigenvalue weighted by Gasteiger charge is -2.02. The normalized spacial score (nSPS) is 10.7. The highest BCUT2D eigenvalue weighted by molar-refractivity contribution is 7.16. The molecule has 7 heteroatoms. The smallest absolute Gasteiger partial charge is 0.257 e. The zero-order valence-electron chi connectivity index (χ0n) is 12.4. The van der Waals surface area contributed by atoms with Crippen molar-refractivity contribution in [3.63, 3.8) is 0 Å². The van der Waals surface area contributed by atoms with E-state index in [0.717, 1.165) is 17.0 Å². The third-order valence-corrected chi connectivity index (χ3v) is 4.15. The summed E-state index contributed by atoms with van der Waals surface area (Å²) in [6.07, 6.45) is 0. The number of hydrogen-bond donors (Lipinski definition) is 1. The van der Waals surface area contributed by atoms with Gasteiger partial charge in [0.2, 0.25) is 0 Å². The molecule has 3 rings (SSSR count). The van der Waals surface area contributed by atoms with Crippen LogP contribution in [0.15, 0.2) is 42.5 Å². The molecule has 1 heterocycles. The number of anilines is 1. The van der Waals surface area contributed by atoms with Gasteiger partial charge < -0.3 is 0 Å². The molecule has 0 radical (unpaired) electrons. The van der Waals surface area contributed by atoms with E-state index in [9.17, 15) is 18.0 Å². The summed E-state index contributed by atoms with van der Waals surface area (Å²) in [5.74, 6) is -2.67. The lowest BCUT2D eigenvalue weighted by atomic mass is 10.1. The molecule has 0 bridgehead atoms. The first-order valence-electron chi connectivity index (χ1n) is 6.93.